The molecule has 12 heavy (non-hydrogen) atoms. The Morgan fingerprint density at radius 1 is 1.58 bits per heavy atom. The third-order valence-corrected chi connectivity index (χ3v) is 1.95. The van der Waals surface area contributed by atoms with Gasteiger partial charge in [0.1, 0.15) is 11.2 Å². The smallest absolute Gasteiger partial charge is 0.149 e. The fourth-order valence-corrected chi connectivity index (χ4v) is 0.748. The molecule has 1 atom stereocenters. The first kappa shape index (κ1) is 10.7. The van der Waals surface area contributed by atoms with E-state index in [1.165, 1.54) is 6.92 Å². The molecule has 0 rings (SSSR count). The molecule has 0 N–H and O–H groups in total. The van der Waals surface area contributed by atoms with Gasteiger partial charge in [0.25, 0.3) is 0 Å². The van der Waals surface area contributed by atoms with Crippen LogP contribution in [0, 0.1) is 28.6 Å². The van der Waals surface area contributed by atoms with Gasteiger partial charge in [0.2, 0.25) is 0 Å². The Morgan fingerprint density at radius 3 is 2.50 bits per heavy atom. The summed E-state index contributed by atoms with van der Waals surface area (Å²) >= 11 is 0. The van der Waals surface area contributed by atoms with Crippen LogP contribution in [0.2, 0.25) is 0 Å². The molecule has 0 aliphatic rings. The van der Waals surface area contributed by atoms with Gasteiger partial charge in [-0.1, -0.05) is 0 Å². The van der Waals surface area contributed by atoms with E-state index in [0.29, 0.717) is 12.8 Å². The van der Waals surface area contributed by atoms with Gasteiger partial charge in [0, 0.05) is 6.42 Å². The molecule has 1 unspecified atom stereocenters. The largest absolute Gasteiger partial charge is 0.298 e. The normalized spacial score (nSPS) is 13.5. The van der Waals surface area contributed by atoms with Gasteiger partial charge in [-0.05, 0) is 27.2 Å². The Bertz CT molecular complexity index is 264. The van der Waals surface area contributed by atoms with Crippen LogP contribution in [-0.4, -0.2) is 5.78 Å². The van der Waals surface area contributed by atoms with E-state index < -0.39 is 5.41 Å². The standard InChI is InChI=1S/C10H13NO/c1-4-5-6-7-10(3,8-11)9(2)12/h6-7H2,1-3H3. The number of hydrogen-bond donors (Lipinski definition) is 0. The molecule has 0 spiro atoms. The lowest BCUT2D eigenvalue weighted by Gasteiger charge is -2.15. The van der Waals surface area contributed by atoms with Crippen LogP contribution in [0.5, 0.6) is 0 Å². The summed E-state index contributed by atoms with van der Waals surface area (Å²) in [6, 6.07) is 2.02. The van der Waals surface area contributed by atoms with Crippen molar-refractivity contribution in [1.29, 1.82) is 5.26 Å². The summed E-state index contributed by atoms with van der Waals surface area (Å²) < 4.78 is 0. The van der Waals surface area contributed by atoms with Crippen molar-refractivity contribution in [3.8, 4) is 17.9 Å². The minimum absolute atomic E-state index is 0.0806. The highest BCUT2D eigenvalue weighted by Crippen LogP contribution is 2.22. The molecule has 2 nitrogen and oxygen atoms in total. The molecule has 0 aromatic rings. The monoisotopic (exact) mass is 163 g/mol. The summed E-state index contributed by atoms with van der Waals surface area (Å²) in [6.45, 7) is 4.85. The van der Waals surface area contributed by atoms with Crippen LogP contribution in [0.15, 0.2) is 0 Å². The predicted octanol–water partition coefficient (Wildman–Crippen LogP) is 1.91. The first-order valence-electron chi connectivity index (χ1n) is 3.88. The number of nitrogens with zero attached hydrogens (tertiary/aromatic N) is 1. The van der Waals surface area contributed by atoms with E-state index in [4.69, 9.17) is 5.26 Å². The molecule has 0 aromatic heterocycles. The van der Waals surface area contributed by atoms with E-state index in [-0.39, 0.29) is 5.78 Å². The summed E-state index contributed by atoms with van der Waals surface area (Å²) in [6.07, 6.45) is 1.14. The van der Waals surface area contributed by atoms with Crippen LogP contribution >= 0.6 is 0 Å². The number of rotatable bonds is 3. The third kappa shape index (κ3) is 2.76. The maximum atomic E-state index is 11.0. The van der Waals surface area contributed by atoms with Gasteiger partial charge in [-0.2, -0.15) is 5.26 Å². The number of ketones is 1. The van der Waals surface area contributed by atoms with Gasteiger partial charge in [0.15, 0.2) is 0 Å². The zero-order valence-corrected chi connectivity index (χ0v) is 7.77. The van der Waals surface area contributed by atoms with Gasteiger partial charge in [0.05, 0.1) is 6.07 Å². The molecule has 0 saturated heterocycles. The molecular formula is C10H13NO. The van der Waals surface area contributed by atoms with Crippen molar-refractivity contribution in [3.05, 3.63) is 0 Å². The van der Waals surface area contributed by atoms with Crippen molar-refractivity contribution in [1.82, 2.24) is 0 Å². The third-order valence-electron chi connectivity index (χ3n) is 1.95. The van der Waals surface area contributed by atoms with Crippen LogP contribution in [-0.2, 0) is 4.79 Å². The topological polar surface area (TPSA) is 40.9 Å². The maximum Gasteiger partial charge on any atom is 0.149 e. The Balaban J connectivity index is 4.25. The van der Waals surface area contributed by atoms with E-state index in [1.54, 1.807) is 13.8 Å². The van der Waals surface area contributed by atoms with E-state index >= 15 is 0 Å². The van der Waals surface area contributed by atoms with Gasteiger partial charge in [-0.15, -0.1) is 11.8 Å². The molecule has 0 bridgehead atoms. The molecular weight excluding hydrogens is 150 g/mol. The van der Waals surface area contributed by atoms with Gasteiger partial charge >= 0.3 is 0 Å². The predicted molar refractivity (Wildman–Crippen MR) is 47.1 cm³/mol. The fourth-order valence-electron chi connectivity index (χ4n) is 0.748. The number of hydrogen-bond acceptors (Lipinski definition) is 2. The van der Waals surface area contributed by atoms with Crippen molar-refractivity contribution in [3.63, 3.8) is 0 Å². The van der Waals surface area contributed by atoms with Crippen molar-refractivity contribution in [2.45, 2.75) is 33.6 Å². The second kappa shape index (κ2) is 4.57. The van der Waals surface area contributed by atoms with Crippen LogP contribution in [0.4, 0.5) is 0 Å². The van der Waals surface area contributed by atoms with Crippen LogP contribution in [0.25, 0.3) is 0 Å². The fraction of sp³-hybridized carbons (Fsp3) is 0.600. The Morgan fingerprint density at radius 2 is 2.17 bits per heavy atom. The molecule has 0 amide bonds. The van der Waals surface area contributed by atoms with E-state index in [9.17, 15) is 4.79 Å². The molecule has 0 heterocycles. The summed E-state index contributed by atoms with van der Waals surface area (Å²) in [4.78, 5) is 11.0. The van der Waals surface area contributed by atoms with Crippen molar-refractivity contribution < 1.29 is 4.79 Å². The molecule has 0 aliphatic carbocycles. The highest BCUT2D eigenvalue weighted by atomic mass is 16.1. The second-order valence-corrected chi connectivity index (χ2v) is 2.93. The van der Waals surface area contributed by atoms with Gasteiger partial charge in [-0.25, -0.2) is 0 Å². The number of carbonyl (C=O) groups is 1. The lowest BCUT2D eigenvalue weighted by atomic mass is 9.83. The van der Waals surface area contributed by atoms with Crippen LogP contribution in [0.3, 0.4) is 0 Å². The van der Waals surface area contributed by atoms with Crippen molar-refractivity contribution in [2.24, 2.45) is 5.41 Å². The Labute approximate surface area is 73.6 Å². The average Bonchev–Trinajstić information content (AvgIpc) is 2.04. The minimum Gasteiger partial charge on any atom is -0.298 e. The molecule has 0 fully saturated rings. The van der Waals surface area contributed by atoms with Crippen LogP contribution in [0.1, 0.15) is 33.6 Å². The Hall–Kier alpha value is -1.28. The van der Waals surface area contributed by atoms with E-state index in [0.717, 1.165) is 0 Å². The Kier molecular flexibility index (Phi) is 4.08. The maximum absolute atomic E-state index is 11.0. The minimum atomic E-state index is -0.843. The molecule has 0 aromatic carbocycles. The number of nitriles is 1. The first-order valence-corrected chi connectivity index (χ1v) is 3.88. The van der Waals surface area contributed by atoms with Crippen molar-refractivity contribution >= 4 is 5.78 Å². The summed E-state index contributed by atoms with van der Waals surface area (Å²) in [5.41, 5.74) is -0.843. The lowest BCUT2D eigenvalue weighted by molar-refractivity contribution is -0.123. The molecule has 2 heteroatoms. The van der Waals surface area contributed by atoms with Crippen LogP contribution < -0.4 is 0 Å². The van der Waals surface area contributed by atoms with Crippen molar-refractivity contribution in [2.75, 3.05) is 0 Å². The number of carbonyl (C=O) groups excluding carboxylic acids is 1. The molecule has 0 aliphatic heterocycles. The quantitative estimate of drug-likeness (QED) is 0.596. The SMILES string of the molecule is CC#CCCC(C)(C#N)C(C)=O. The molecule has 0 saturated carbocycles. The number of Topliss-reactive ketones (excluding diaryl/α,β-unsaturated/α-hetero) is 1. The van der Waals surface area contributed by atoms with E-state index in [2.05, 4.69) is 11.8 Å². The summed E-state index contributed by atoms with van der Waals surface area (Å²) in [5, 5.41) is 8.74. The second-order valence-electron chi connectivity index (χ2n) is 2.93. The lowest BCUT2D eigenvalue weighted by Crippen LogP contribution is -2.22. The zero-order chi connectivity index (χ0) is 9.61. The van der Waals surface area contributed by atoms with Gasteiger partial charge < -0.3 is 0 Å². The average molecular weight is 163 g/mol. The molecule has 0 radical (unpaired) electrons. The summed E-state index contributed by atoms with van der Waals surface area (Å²) in [7, 11) is 0. The molecule has 64 valence electrons. The highest BCUT2D eigenvalue weighted by molar-refractivity contribution is 5.84. The van der Waals surface area contributed by atoms with Gasteiger partial charge in [-0.3, -0.25) is 4.79 Å². The highest BCUT2D eigenvalue weighted by Gasteiger charge is 2.28. The first-order chi connectivity index (χ1) is 5.56. The summed E-state index contributed by atoms with van der Waals surface area (Å²) in [5.74, 6) is 5.49. The zero-order valence-electron chi connectivity index (χ0n) is 7.77. The van der Waals surface area contributed by atoms with E-state index in [1.807, 2.05) is 6.07 Å².